The SMILES string of the molecule is Cc1cc(C)c(NC(=O)CN2C(=O)[C@H]3CCCC[C@@H]3C2=O)c(Cl)c1. The van der Waals surface area contributed by atoms with Gasteiger partial charge in [-0.3, -0.25) is 19.3 Å². The molecule has 0 radical (unpaired) electrons. The molecule has 0 spiro atoms. The average molecular weight is 349 g/mol. The number of fused-ring (bicyclic) bond motifs is 1. The molecule has 0 unspecified atom stereocenters. The van der Waals surface area contributed by atoms with E-state index in [4.69, 9.17) is 11.6 Å². The number of amides is 3. The number of likely N-dealkylation sites (tertiary alicyclic amines) is 1. The van der Waals surface area contributed by atoms with E-state index in [9.17, 15) is 14.4 Å². The van der Waals surface area contributed by atoms with Crippen molar-refractivity contribution >= 4 is 35.0 Å². The number of carbonyl (C=O) groups is 3. The highest BCUT2D eigenvalue weighted by molar-refractivity contribution is 6.34. The van der Waals surface area contributed by atoms with Gasteiger partial charge in [0.25, 0.3) is 0 Å². The Morgan fingerprint density at radius 2 is 1.75 bits per heavy atom. The molecule has 24 heavy (non-hydrogen) atoms. The van der Waals surface area contributed by atoms with Gasteiger partial charge in [-0.25, -0.2) is 0 Å². The minimum atomic E-state index is -0.399. The maximum Gasteiger partial charge on any atom is 0.244 e. The lowest BCUT2D eigenvalue weighted by molar-refractivity contribution is -0.142. The molecule has 2 atom stereocenters. The van der Waals surface area contributed by atoms with Gasteiger partial charge in [0.2, 0.25) is 17.7 Å². The Balaban J connectivity index is 1.71. The van der Waals surface area contributed by atoms with Gasteiger partial charge >= 0.3 is 0 Å². The Hall–Kier alpha value is -1.88. The van der Waals surface area contributed by atoms with Gasteiger partial charge in [-0.15, -0.1) is 0 Å². The molecule has 1 saturated heterocycles. The lowest BCUT2D eigenvalue weighted by Gasteiger charge is -2.19. The largest absolute Gasteiger partial charge is 0.323 e. The van der Waals surface area contributed by atoms with E-state index in [1.54, 1.807) is 6.07 Å². The second-order valence-corrected chi connectivity index (χ2v) is 7.15. The van der Waals surface area contributed by atoms with Crippen molar-refractivity contribution in [2.45, 2.75) is 39.5 Å². The molecule has 3 rings (SSSR count). The van der Waals surface area contributed by atoms with Crippen molar-refractivity contribution in [1.29, 1.82) is 0 Å². The first-order valence-electron chi connectivity index (χ1n) is 8.30. The summed E-state index contributed by atoms with van der Waals surface area (Å²) in [4.78, 5) is 38.3. The summed E-state index contributed by atoms with van der Waals surface area (Å²) in [6.45, 7) is 3.54. The van der Waals surface area contributed by atoms with Crippen LogP contribution in [0.5, 0.6) is 0 Å². The molecule has 1 aliphatic carbocycles. The van der Waals surface area contributed by atoms with Crippen LogP contribution in [0, 0.1) is 25.7 Å². The van der Waals surface area contributed by atoms with Crippen LogP contribution in [-0.4, -0.2) is 29.2 Å². The zero-order valence-electron chi connectivity index (χ0n) is 13.9. The van der Waals surface area contributed by atoms with E-state index in [0.29, 0.717) is 10.7 Å². The summed E-state index contributed by atoms with van der Waals surface area (Å²) in [6.07, 6.45) is 3.43. The number of imide groups is 1. The Morgan fingerprint density at radius 3 is 2.29 bits per heavy atom. The number of hydrogen-bond acceptors (Lipinski definition) is 3. The molecule has 6 heteroatoms. The molecule has 1 aromatic carbocycles. The van der Waals surface area contributed by atoms with Crippen molar-refractivity contribution in [3.8, 4) is 0 Å². The summed E-state index contributed by atoms with van der Waals surface area (Å²) < 4.78 is 0. The Bertz CT molecular complexity index is 669. The molecule has 1 aromatic rings. The number of aryl methyl sites for hydroxylation is 2. The van der Waals surface area contributed by atoms with Gasteiger partial charge in [-0.1, -0.05) is 30.5 Å². The van der Waals surface area contributed by atoms with Crippen LogP contribution < -0.4 is 5.32 Å². The fraction of sp³-hybridized carbons (Fsp3) is 0.500. The summed E-state index contributed by atoms with van der Waals surface area (Å²) in [7, 11) is 0. The van der Waals surface area contributed by atoms with E-state index in [0.717, 1.165) is 41.7 Å². The molecule has 1 N–H and O–H groups in total. The topological polar surface area (TPSA) is 66.5 Å². The van der Waals surface area contributed by atoms with Crippen LogP contribution in [0.2, 0.25) is 5.02 Å². The number of carbonyl (C=O) groups excluding carboxylic acids is 3. The van der Waals surface area contributed by atoms with Gasteiger partial charge in [0.1, 0.15) is 6.54 Å². The fourth-order valence-corrected chi connectivity index (χ4v) is 4.15. The fourth-order valence-electron chi connectivity index (χ4n) is 3.78. The van der Waals surface area contributed by atoms with Crippen molar-refractivity contribution in [2.24, 2.45) is 11.8 Å². The number of hydrogen-bond donors (Lipinski definition) is 1. The van der Waals surface area contributed by atoms with Crippen molar-refractivity contribution < 1.29 is 14.4 Å². The molecular weight excluding hydrogens is 328 g/mol. The van der Waals surface area contributed by atoms with Crippen molar-refractivity contribution in [1.82, 2.24) is 4.90 Å². The molecule has 5 nitrogen and oxygen atoms in total. The molecule has 2 aliphatic rings. The number of halogens is 1. The second-order valence-electron chi connectivity index (χ2n) is 6.75. The van der Waals surface area contributed by atoms with Gasteiger partial charge in [0.15, 0.2) is 0 Å². The lowest BCUT2D eigenvalue weighted by Crippen LogP contribution is -2.38. The van der Waals surface area contributed by atoms with E-state index in [2.05, 4.69) is 5.32 Å². The van der Waals surface area contributed by atoms with E-state index in [1.807, 2.05) is 19.9 Å². The van der Waals surface area contributed by atoms with Crippen LogP contribution in [0.25, 0.3) is 0 Å². The smallest absolute Gasteiger partial charge is 0.244 e. The van der Waals surface area contributed by atoms with Gasteiger partial charge in [0.05, 0.1) is 22.5 Å². The average Bonchev–Trinajstić information content (AvgIpc) is 2.76. The number of nitrogens with one attached hydrogen (secondary N) is 1. The zero-order chi connectivity index (χ0) is 17.4. The third kappa shape index (κ3) is 3.05. The van der Waals surface area contributed by atoms with E-state index in [1.165, 1.54) is 0 Å². The summed E-state index contributed by atoms with van der Waals surface area (Å²) >= 11 is 6.19. The molecule has 0 bridgehead atoms. The Labute approximate surface area is 146 Å². The van der Waals surface area contributed by atoms with Gasteiger partial charge in [-0.05, 0) is 43.9 Å². The summed E-state index contributed by atoms with van der Waals surface area (Å²) in [5.74, 6) is -1.27. The molecule has 128 valence electrons. The summed E-state index contributed by atoms with van der Waals surface area (Å²) in [5, 5.41) is 3.19. The third-order valence-electron chi connectivity index (χ3n) is 4.93. The normalized spacial score (nSPS) is 23.4. The number of rotatable bonds is 3. The molecule has 1 heterocycles. The maximum atomic E-state index is 12.4. The summed E-state index contributed by atoms with van der Waals surface area (Å²) in [5.41, 5.74) is 2.38. The maximum absolute atomic E-state index is 12.4. The van der Waals surface area contributed by atoms with Crippen LogP contribution in [-0.2, 0) is 14.4 Å². The van der Waals surface area contributed by atoms with Crippen molar-refractivity contribution in [3.63, 3.8) is 0 Å². The Kier molecular flexibility index (Phi) is 4.63. The van der Waals surface area contributed by atoms with Crippen LogP contribution in [0.1, 0.15) is 36.8 Å². The van der Waals surface area contributed by atoms with Gasteiger partial charge < -0.3 is 5.32 Å². The first-order valence-corrected chi connectivity index (χ1v) is 8.68. The standard InChI is InChI=1S/C18H21ClN2O3/c1-10-7-11(2)16(14(19)8-10)20-15(22)9-21-17(23)12-5-3-4-6-13(12)18(21)24/h7-8,12-13H,3-6,9H2,1-2H3,(H,20,22)/t12-,13-/m0/s1. The predicted octanol–water partition coefficient (Wildman–Crippen LogP) is 3.07. The molecule has 1 saturated carbocycles. The first kappa shape index (κ1) is 17.0. The predicted molar refractivity (Wildman–Crippen MR) is 91.7 cm³/mol. The van der Waals surface area contributed by atoms with Crippen LogP contribution in [0.4, 0.5) is 5.69 Å². The van der Waals surface area contributed by atoms with E-state index < -0.39 is 5.91 Å². The van der Waals surface area contributed by atoms with E-state index in [-0.39, 0.29) is 30.2 Å². The number of anilines is 1. The molecule has 1 aliphatic heterocycles. The van der Waals surface area contributed by atoms with E-state index >= 15 is 0 Å². The van der Waals surface area contributed by atoms with Crippen LogP contribution >= 0.6 is 11.6 Å². The van der Waals surface area contributed by atoms with Gasteiger partial charge in [-0.2, -0.15) is 0 Å². The minimum Gasteiger partial charge on any atom is -0.323 e. The Morgan fingerprint density at radius 1 is 1.17 bits per heavy atom. The van der Waals surface area contributed by atoms with Crippen molar-refractivity contribution in [2.75, 3.05) is 11.9 Å². The highest BCUT2D eigenvalue weighted by Crippen LogP contribution is 2.38. The first-order chi connectivity index (χ1) is 11.4. The second kappa shape index (κ2) is 6.55. The van der Waals surface area contributed by atoms with Crippen LogP contribution in [0.3, 0.4) is 0 Å². The third-order valence-corrected chi connectivity index (χ3v) is 5.23. The molecule has 0 aromatic heterocycles. The minimum absolute atomic E-state index is 0.202. The monoisotopic (exact) mass is 348 g/mol. The molecule has 2 fully saturated rings. The number of benzene rings is 1. The molecular formula is C18H21ClN2O3. The zero-order valence-corrected chi connectivity index (χ0v) is 14.7. The lowest BCUT2D eigenvalue weighted by atomic mass is 9.81. The van der Waals surface area contributed by atoms with Crippen LogP contribution in [0.15, 0.2) is 12.1 Å². The molecule has 3 amide bonds. The highest BCUT2D eigenvalue weighted by Gasteiger charge is 2.48. The summed E-state index contributed by atoms with van der Waals surface area (Å²) in [6, 6.07) is 3.69. The van der Waals surface area contributed by atoms with Gasteiger partial charge in [0, 0.05) is 0 Å². The highest BCUT2D eigenvalue weighted by atomic mass is 35.5. The number of nitrogens with zero attached hydrogens (tertiary/aromatic N) is 1. The van der Waals surface area contributed by atoms with Crippen molar-refractivity contribution in [3.05, 3.63) is 28.3 Å². The quantitative estimate of drug-likeness (QED) is 0.854.